The fraction of sp³-hybridized carbons (Fsp3) is 0.120. The number of aromatic nitrogens is 4. The maximum absolute atomic E-state index is 5.33. The van der Waals surface area contributed by atoms with Crippen molar-refractivity contribution in [3.63, 3.8) is 0 Å². The summed E-state index contributed by atoms with van der Waals surface area (Å²) in [6.07, 6.45) is 10.4. The van der Waals surface area contributed by atoms with Crippen LogP contribution in [0, 0.1) is 0 Å². The van der Waals surface area contributed by atoms with Crippen LogP contribution in [0.2, 0.25) is 0 Å². The zero-order valence-electron chi connectivity index (χ0n) is 31.4. The number of rotatable bonds is 5. The van der Waals surface area contributed by atoms with Crippen molar-refractivity contribution in [3.05, 3.63) is 185 Å². The van der Waals surface area contributed by atoms with Crippen LogP contribution in [0.3, 0.4) is 0 Å². The highest BCUT2D eigenvalue weighted by Gasteiger charge is 2.23. The highest BCUT2D eigenvalue weighted by molar-refractivity contribution is 6.04. The lowest BCUT2D eigenvalue weighted by Crippen LogP contribution is -2.29. The Labute approximate surface area is 317 Å². The molecule has 3 aromatic heterocycles. The molecule has 3 heterocycles. The van der Waals surface area contributed by atoms with Crippen molar-refractivity contribution in [1.82, 2.24) is 19.9 Å². The maximum Gasteiger partial charge on any atom is 0.160 e. The summed E-state index contributed by atoms with van der Waals surface area (Å²) in [4.78, 5) is 20.4. The molecule has 0 amide bonds. The number of hydrogen-bond donors (Lipinski definition) is 0. The van der Waals surface area contributed by atoms with Crippen LogP contribution in [0.25, 0.3) is 73.7 Å². The first kappa shape index (κ1) is 34.6. The molecule has 4 nitrogen and oxygen atoms in total. The van der Waals surface area contributed by atoms with E-state index in [9.17, 15) is 0 Å². The van der Waals surface area contributed by atoms with Crippen LogP contribution in [0.4, 0.5) is 0 Å². The molecular formula is C50H42N4. The summed E-state index contributed by atoms with van der Waals surface area (Å²) in [5.74, 6) is 0.653. The fourth-order valence-electron chi connectivity index (χ4n) is 7.28. The largest absolute Gasteiger partial charge is 0.256 e. The summed E-state index contributed by atoms with van der Waals surface area (Å²) in [5, 5.41) is 3.22. The van der Waals surface area contributed by atoms with E-state index in [1.807, 2.05) is 43.5 Å². The van der Waals surface area contributed by atoms with Gasteiger partial charge in [0.25, 0.3) is 0 Å². The number of benzene rings is 4. The Hall–Kier alpha value is -6.52. The molecule has 0 saturated carbocycles. The Kier molecular flexibility index (Phi) is 9.04. The lowest BCUT2D eigenvalue weighted by Gasteiger charge is -2.24. The summed E-state index contributed by atoms with van der Waals surface area (Å²) in [6.45, 7) is 15.6. The Morgan fingerprint density at radius 2 is 1.35 bits per heavy atom. The molecule has 4 heteroatoms. The van der Waals surface area contributed by atoms with Crippen molar-refractivity contribution in [2.24, 2.45) is 0 Å². The van der Waals surface area contributed by atoms with Gasteiger partial charge in [-0.25, -0.2) is 15.0 Å². The summed E-state index contributed by atoms with van der Waals surface area (Å²) in [6, 6.07) is 42.0. The first-order chi connectivity index (χ1) is 26.2. The second kappa shape index (κ2) is 14.1. The zero-order chi connectivity index (χ0) is 37.4. The van der Waals surface area contributed by atoms with Gasteiger partial charge in [-0.1, -0.05) is 143 Å². The molecule has 0 radical (unpaired) electrons. The zero-order valence-corrected chi connectivity index (χ0v) is 31.4. The molecule has 0 N–H and O–H groups in total. The molecule has 54 heavy (non-hydrogen) atoms. The van der Waals surface area contributed by atoms with Crippen LogP contribution >= 0.6 is 0 Å². The summed E-state index contributed by atoms with van der Waals surface area (Å²) in [7, 11) is 0. The molecule has 0 aliphatic heterocycles. The van der Waals surface area contributed by atoms with Gasteiger partial charge in [0.1, 0.15) is 0 Å². The van der Waals surface area contributed by atoms with E-state index in [1.165, 1.54) is 5.56 Å². The van der Waals surface area contributed by atoms with E-state index in [4.69, 9.17) is 19.9 Å². The molecule has 0 fully saturated rings. The molecule has 1 aliphatic rings. The monoisotopic (exact) mass is 698 g/mol. The second-order valence-electron chi connectivity index (χ2n) is 14.8. The maximum atomic E-state index is 5.33. The van der Waals surface area contributed by atoms with Crippen LogP contribution in [-0.2, 0) is 5.41 Å². The standard InChI is InChI=1S/C50H42N4/c1-7-34-22-15-27-51-47(34)33(3)38-20-14-21-40(29-38)49-53-44(36-18-12-9-13-19-36)31-45(54-49)39-24-23-37-25-26-41-42(50(4,5)6)30-43(35-16-10-8-11-17-35)52-48(41)46(37)32(2)28-39/h7-31H,2H2,1,3-6H3/b34-7-,47-33-. The van der Waals surface area contributed by atoms with E-state index in [2.05, 4.69) is 150 Å². The number of pyridine rings is 2. The van der Waals surface area contributed by atoms with E-state index < -0.39 is 0 Å². The Balaban J connectivity index is 1.29. The molecule has 1 aliphatic carbocycles. The lowest BCUT2D eigenvalue weighted by atomic mass is 9.82. The van der Waals surface area contributed by atoms with Crippen LogP contribution in [-0.4, -0.2) is 19.9 Å². The normalized spacial score (nSPS) is 13.8. The van der Waals surface area contributed by atoms with Gasteiger partial charge in [-0.3, -0.25) is 4.98 Å². The van der Waals surface area contributed by atoms with Gasteiger partial charge in [0.2, 0.25) is 0 Å². The van der Waals surface area contributed by atoms with Gasteiger partial charge in [0.15, 0.2) is 5.82 Å². The third kappa shape index (κ3) is 6.63. The van der Waals surface area contributed by atoms with Crippen molar-refractivity contribution >= 4 is 39.8 Å². The molecule has 0 saturated heterocycles. The van der Waals surface area contributed by atoms with E-state index in [0.29, 0.717) is 5.82 Å². The van der Waals surface area contributed by atoms with E-state index in [1.54, 1.807) is 0 Å². The van der Waals surface area contributed by atoms with Gasteiger partial charge >= 0.3 is 0 Å². The highest BCUT2D eigenvalue weighted by Crippen LogP contribution is 2.40. The summed E-state index contributed by atoms with van der Waals surface area (Å²) < 4.78 is 0. The second-order valence-corrected chi connectivity index (χ2v) is 14.8. The fourth-order valence-corrected chi connectivity index (χ4v) is 7.28. The summed E-state index contributed by atoms with van der Waals surface area (Å²) >= 11 is 0. The van der Waals surface area contributed by atoms with Crippen LogP contribution in [0.15, 0.2) is 146 Å². The molecule has 0 atom stereocenters. The number of hydrogen-bond acceptors (Lipinski definition) is 4. The molecule has 0 unspecified atom stereocenters. The quantitative estimate of drug-likeness (QED) is 0.180. The van der Waals surface area contributed by atoms with Crippen LogP contribution < -0.4 is 10.6 Å². The average Bonchev–Trinajstić information content (AvgIpc) is 3.39. The molecule has 0 bridgehead atoms. The van der Waals surface area contributed by atoms with Gasteiger partial charge in [-0.2, -0.15) is 0 Å². The topological polar surface area (TPSA) is 51.6 Å². The predicted molar refractivity (Wildman–Crippen MR) is 227 cm³/mol. The van der Waals surface area contributed by atoms with Crippen molar-refractivity contribution in [1.29, 1.82) is 0 Å². The van der Waals surface area contributed by atoms with Crippen molar-refractivity contribution < 1.29 is 0 Å². The first-order valence-corrected chi connectivity index (χ1v) is 18.4. The summed E-state index contributed by atoms with van der Waals surface area (Å²) in [5.41, 5.74) is 13.9. The number of fused-ring (bicyclic) bond motifs is 3. The Bertz CT molecular complexity index is 2770. The smallest absolute Gasteiger partial charge is 0.160 e. The van der Waals surface area contributed by atoms with Crippen molar-refractivity contribution in [2.75, 3.05) is 0 Å². The van der Waals surface area contributed by atoms with Gasteiger partial charge < -0.3 is 0 Å². The van der Waals surface area contributed by atoms with Crippen molar-refractivity contribution in [2.45, 2.75) is 40.0 Å². The molecule has 0 spiro atoms. The van der Waals surface area contributed by atoms with Gasteiger partial charge in [0.05, 0.1) is 27.9 Å². The number of nitrogens with zero attached hydrogens (tertiary/aromatic N) is 4. The molecule has 7 aromatic rings. The van der Waals surface area contributed by atoms with E-state index >= 15 is 0 Å². The Morgan fingerprint density at radius 3 is 2.06 bits per heavy atom. The minimum absolute atomic E-state index is 0.0883. The minimum Gasteiger partial charge on any atom is -0.256 e. The minimum atomic E-state index is -0.0883. The Morgan fingerprint density at radius 1 is 0.667 bits per heavy atom. The SMILES string of the molecule is C=C1C=C(c2cc(-c3ccccc3)nc(-c3cccc(/C(C)=c4\nccc\c4=C\C)c3)n2)C=Cc2ccc3c(C(C)(C)C)cc(-c4ccccc4)nc3c21. The van der Waals surface area contributed by atoms with E-state index in [-0.39, 0.29) is 5.41 Å². The average molecular weight is 699 g/mol. The lowest BCUT2D eigenvalue weighted by molar-refractivity contribution is 0.595. The number of allylic oxidation sites excluding steroid dienone is 4. The third-order valence-electron chi connectivity index (χ3n) is 10.1. The van der Waals surface area contributed by atoms with Gasteiger partial charge in [0, 0.05) is 39.4 Å². The molecule has 8 rings (SSSR count). The molecular weight excluding hydrogens is 657 g/mol. The molecule has 4 aromatic carbocycles. The van der Waals surface area contributed by atoms with Gasteiger partial charge in [-0.05, 0) is 82.7 Å². The first-order valence-electron chi connectivity index (χ1n) is 18.4. The third-order valence-corrected chi connectivity index (χ3v) is 10.1. The molecule has 262 valence electrons. The van der Waals surface area contributed by atoms with Crippen LogP contribution in [0.5, 0.6) is 0 Å². The van der Waals surface area contributed by atoms with Crippen LogP contribution in [0.1, 0.15) is 62.6 Å². The highest BCUT2D eigenvalue weighted by atomic mass is 14.9. The van der Waals surface area contributed by atoms with Crippen molar-refractivity contribution in [3.8, 4) is 33.9 Å². The van der Waals surface area contributed by atoms with E-state index in [0.717, 1.165) is 88.7 Å². The van der Waals surface area contributed by atoms with Gasteiger partial charge in [-0.15, -0.1) is 0 Å². The predicted octanol–water partition coefficient (Wildman–Crippen LogP) is 10.9.